The molecule has 2 N–H and O–H groups in total. The fourth-order valence-electron chi connectivity index (χ4n) is 3.03. The molecule has 0 saturated heterocycles. The number of benzene rings is 3. The molecule has 3 rings (SSSR count). The molecule has 0 bridgehead atoms. The van der Waals surface area contributed by atoms with Gasteiger partial charge < -0.3 is 20.1 Å². The Balaban J connectivity index is 1.79. The van der Waals surface area contributed by atoms with E-state index in [2.05, 4.69) is 10.6 Å². The van der Waals surface area contributed by atoms with Crippen molar-refractivity contribution in [1.29, 1.82) is 0 Å². The topological polar surface area (TPSA) is 59.6 Å². The van der Waals surface area contributed by atoms with E-state index in [-0.39, 0.29) is 11.0 Å². The van der Waals surface area contributed by atoms with Crippen LogP contribution in [-0.4, -0.2) is 25.2 Å². The lowest BCUT2D eigenvalue weighted by molar-refractivity contribution is -0.120. The lowest BCUT2D eigenvalue weighted by Crippen LogP contribution is -2.38. The number of rotatable bonds is 6. The second-order valence-electron chi connectivity index (χ2n) is 6.26. The first-order valence-electron chi connectivity index (χ1n) is 9.06. The van der Waals surface area contributed by atoms with Crippen LogP contribution in [0, 0.1) is 0 Å². The number of ether oxygens (including phenoxy) is 2. The smallest absolute Gasteiger partial charge is 0.238 e. The Morgan fingerprint density at radius 3 is 1.97 bits per heavy atom. The molecule has 148 valence electrons. The Morgan fingerprint density at radius 2 is 1.45 bits per heavy atom. The third kappa shape index (κ3) is 5.12. The first kappa shape index (κ1) is 20.4. The third-order valence-electron chi connectivity index (χ3n) is 4.42. The molecule has 0 aliphatic heterocycles. The summed E-state index contributed by atoms with van der Waals surface area (Å²) in [5.74, 6) is 0.529. The van der Waals surface area contributed by atoms with Gasteiger partial charge >= 0.3 is 0 Å². The van der Waals surface area contributed by atoms with Gasteiger partial charge in [0, 0.05) is 6.07 Å². The summed E-state index contributed by atoms with van der Waals surface area (Å²) in [4.78, 5) is 13.1. The number of hydrogen-bond acceptors (Lipinski definition) is 4. The van der Waals surface area contributed by atoms with Crippen molar-refractivity contribution in [1.82, 2.24) is 5.32 Å². The zero-order chi connectivity index (χ0) is 20.6. The maximum Gasteiger partial charge on any atom is 0.238 e. The summed E-state index contributed by atoms with van der Waals surface area (Å²) in [6, 6.07) is 24.5. The summed E-state index contributed by atoms with van der Waals surface area (Å²) in [6.45, 7) is 0. The van der Waals surface area contributed by atoms with Crippen molar-refractivity contribution in [3.8, 4) is 11.5 Å². The summed E-state index contributed by atoms with van der Waals surface area (Å²) < 4.78 is 10.6. The molecule has 0 radical (unpaired) electrons. The Kier molecular flexibility index (Phi) is 6.81. The molecule has 0 saturated carbocycles. The molecule has 6 heteroatoms. The van der Waals surface area contributed by atoms with Crippen LogP contribution >= 0.6 is 12.2 Å². The molecule has 3 aromatic rings. The predicted octanol–water partition coefficient (Wildman–Crippen LogP) is 4.35. The zero-order valence-electron chi connectivity index (χ0n) is 16.2. The minimum atomic E-state index is -0.477. The molecule has 0 fully saturated rings. The number of nitrogens with one attached hydrogen (secondary N) is 2. The Morgan fingerprint density at radius 1 is 0.862 bits per heavy atom. The summed E-state index contributed by atoms with van der Waals surface area (Å²) >= 11 is 5.37. The number of carbonyl (C=O) groups is 1. The van der Waals surface area contributed by atoms with Crippen molar-refractivity contribution in [2.45, 2.75) is 5.92 Å². The van der Waals surface area contributed by atoms with Gasteiger partial charge in [0.15, 0.2) is 5.11 Å². The summed E-state index contributed by atoms with van der Waals surface area (Å²) in [5.41, 5.74) is 2.41. The van der Waals surface area contributed by atoms with Crippen LogP contribution in [0.25, 0.3) is 0 Å². The molecular weight excluding hydrogens is 384 g/mol. The van der Waals surface area contributed by atoms with Crippen LogP contribution in [0.2, 0.25) is 0 Å². The minimum absolute atomic E-state index is 0.190. The Hall–Kier alpha value is -3.38. The predicted molar refractivity (Wildman–Crippen MR) is 119 cm³/mol. The van der Waals surface area contributed by atoms with E-state index in [1.165, 1.54) is 0 Å². The maximum atomic E-state index is 13.1. The first-order chi connectivity index (χ1) is 14.1. The molecule has 0 atom stereocenters. The van der Waals surface area contributed by atoms with E-state index in [4.69, 9.17) is 21.7 Å². The number of carbonyl (C=O) groups excluding carboxylic acids is 1. The molecule has 0 unspecified atom stereocenters. The minimum Gasteiger partial charge on any atom is -0.497 e. The lowest BCUT2D eigenvalue weighted by atomic mass is 9.90. The number of hydrogen-bond donors (Lipinski definition) is 2. The summed E-state index contributed by atoms with van der Waals surface area (Å²) in [7, 11) is 3.14. The van der Waals surface area contributed by atoms with E-state index < -0.39 is 5.92 Å². The number of amides is 1. The van der Waals surface area contributed by atoms with Gasteiger partial charge in [-0.15, -0.1) is 0 Å². The Labute approximate surface area is 175 Å². The highest BCUT2D eigenvalue weighted by Gasteiger charge is 2.23. The van der Waals surface area contributed by atoms with Crippen LogP contribution in [0.4, 0.5) is 5.69 Å². The van der Waals surface area contributed by atoms with Crippen molar-refractivity contribution in [2.24, 2.45) is 0 Å². The first-order valence-corrected chi connectivity index (χ1v) is 9.47. The van der Waals surface area contributed by atoms with Gasteiger partial charge in [0.05, 0.1) is 25.8 Å². The van der Waals surface area contributed by atoms with Crippen LogP contribution < -0.4 is 20.1 Å². The molecule has 1 amide bonds. The molecular formula is C23H22N2O3S. The zero-order valence-corrected chi connectivity index (χ0v) is 17.0. The second kappa shape index (κ2) is 9.71. The molecule has 29 heavy (non-hydrogen) atoms. The van der Waals surface area contributed by atoms with Crippen LogP contribution in [0.15, 0.2) is 78.9 Å². The van der Waals surface area contributed by atoms with E-state index in [0.29, 0.717) is 17.2 Å². The van der Waals surface area contributed by atoms with Gasteiger partial charge in [-0.05, 0) is 35.5 Å². The van der Waals surface area contributed by atoms with Gasteiger partial charge in [-0.1, -0.05) is 60.7 Å². The third-order valence-corrected chi connectivity index (χ3v) is 4.63. The fourth-order valence-corrected chi connectivity index (χ4v) is 3.24. The Bertz CT molecular complexity index is 938. The summed E-state index contributed by atoms with van der Waals surface area (Å²) in [6.07, 6.45) is 0. The molecule has 5 nitrogen and oxygen atoms in total. The van der Waals surface area contributed by atoms with E-state index >= 15 is 0 Å². The van der Waals surface area contributed by atoms with Crippen molar-refractivity contribution in [3.05, 3.63) is 90.0 Å². The van der Waals surface area contributed by atoms with E-state index in [1.807, 2.05) is 60.7 Å². The highest BCUT2D eigenvalue weighted by Crippen LogP contribution is 2.29. The maximum absolute atomic E-state index is 13.1. The largest absolute Gasteiger partial charge is 0.497 e. The van der Waals surface area contributed by atoms with Gasteiger partial charge in [0.2, 0.25) is 5.91 Å². The molecule has 0 aromatic heterocycles. The van der Waals surface area contributed by atoms with Gasteiger partial charge in [0.25, 0.3) is 0 Å². The average Bonchev–Trinajstić information content (AvgIpc) is 2.75. The second-order valence-corrected chi connectivity index (χ2v) is 6.67. The van der Waals surface area contributed by atoms with Gasteiger partial charge in [-0.3, -0.25) is 4.79 Å². The highest BCUT2D eigenvalue weighted by atomic mass is 32.1. The number of thiocarbonyl (C=S) groups is 1. The van der Waals surface area contributed by atoms with Crippen molar-refractivity contribution < 1.29 is 14.3 Å². The lowest BCUT2D eigenvalue weighted by Gasteiger charge is -2.19. The van der Waals surface area contributed by atoms with Crippen LogP contribution in [0.1, 0.15) is 17.0 Å². The van der Waals surface area contributed by atoms with Crippen LogP contribution in [0.5, 0.6) is 11.5 Å². The van der Waals surface area contributed by atoms with Crippen molar-refractivity contribution in [2.75, 3.05) is 19.5 Å². The number of methoxy groups -OCH3 is 2. The monoisotopic (exact) mass is 406 g/mol. The number of anilines is 1. The highest BCUT2D eigenvalue weighted by molar-refractivity contribution is 7.80. The fraction of sp³-hybridized carbons (Fsp3) is 0.130. The summed E-state index contributed by atoms with van der Waals surface area (Å²) in [5, 5.41) is 6.01. The van der Waals surface area contributed by atoms with E-state index in [9.17, 15) is 4.79 Å². The standard InChI is InChI=1S/C23H22N2O3S/c1-27-18-13-14-19(20(15-18)28-2)24-23(29)25-22(26)21(16-9-5-3-6-10-16)17-11-7-4-8-12-17/h3-15,21H,1-2H3,(H2,24,25,26,29). The van der Waals surface area contributed by atoms with Crippen molar-refractivity contribution >= 4 is 28.9 Å². The van der Waals surface area contributed by atoms with Gasteiger partial charge in [-0.25, -0.2) is 0 Å². The average molecular weight is 407 g/mol. The van der Waals surface area contributed by atoms with Crippen LogP contribution in [-0.2, 0) is 4.79 Å². The molecule has 0 heterocycles. The normalized spacial score (nSPS) is 10.3. The molecule has 0 aliphatic carbocycles. The van der Waals surface area contributed by atoms with Gasteiger partial charge in [0.1, 0.15) is 11.5 Å². The molecule has 3 aromatic carbocycles. The van der Waals surface area contributed by atoms with Crippen LogP contribution in [0.3, 0.4) is 0 Å². The molecule has 0 spiro atoms. The SMILES string of the molecule is COc1ccc(NC(=S)NC(=O)C(c2ccccc2)c2ccccc2)c(OC)c1. The molecule has 0 aliphatic rings. The van der Waals surface area contributed by atoms with Gasteiger partial charge in [-0.2, -0.15) is 0 Å². The quantitative estimate of drug-likeness (QED) is 0.596. The van der Waals surface area contributed by atoms with E-state index in [0.717, 1.165) is 11.1 Å². The van der Waals surface area contributed by atoms with Crippen molar-refractivity contribution in [3.63, 3.8) is 0 Å². The van der Waals surface area contributed by atoms with E-state index in [1.54, 1.807) is 32.4 Å².